The summed E-state index contributed by atoms with van der Waals surface area (Å²) in [5, 5.41) is 3.35. The summed E-state index contributed by atoms with van der Waals surface area (Å²) < 4.78 is 5.02. The Hall–Kier alpha value is -0.930. The van der Waals surface area contributed by atoms with Gasteiger partial charge < -0.3 is 10.1 Å². The molecule has 1 atom stereocenters. The molecule has 72 valence electrons. The molecule has 3 heteroatoms. The molecule has 1 rings (SSSR count). The monoisotopic (exact) mass is 180 g/mol. The zero-order valence-electron chi connectivity index (χ0n) is 8.16. The molecule has 1 aromatic heterocycles. The first-order valence-electron chi connectivity index (χ1n) is 4.44. The molecular weight excluding hydrogens is 164 g/mol. The van der Waals surface area contributed by atoms with Crippen LogP contribution in [0.3, 0.4) is 0 Å². The van der Waals surface area contributed by atoms with Gasteiger partial charge in [-0.25, -0.2) is 0 Å². The lowest BCUT2D eigenvalue weighted by atomic mass is 10.2. The van der Waals surface area contributed by atoms with E-state index < -0.39 is 0 Å². The van der Waals surface area contributed by atoms with Gasteiger partial charge in [-0.05, 0) is 24.6 Å². The predicted octanol–water partition coefficient (Wildman–Crippen LogP) is 1.21. The van der Waals surface area contributed by atoms with Crippen molar-refractivity contribution in [3.63, 3.8) is 0 Å². The maximum Gasteiger partial charge on any atom is 0.0613 e. The van der Waals surface area contributed by atoms with Gasteiger partial charge in [0.05, 0.1) is 6.61 Å². The van der Waals surface area contributed by atoms with E-state index in [4.69, 9.17) is 4.74 Å². The molecule has 0 aliphatic carbocycles. The van der Waals surface area contributed by atoms with Crippen molar-refractivity contribution in [3.05, 3.63) is 30.1 Å². The van der Waals surface area contributed by atoms with Crippen LogP contribution in [0.4, 0.5) is 0 Å². The highest BCUT2D eigenvalue weighted by Crippen LogP contribution is 1.95. The number of nitrogens with one attached hydrogen (secondary N) is 1. The fraction of sp³-hybridized carbons (Fsp3) is 0.500. The Labute approximate surface area is 79.1 Å². The fourth-order valence-corrected chi connectivity index (χ4v) is 1.10. The number of hydrogen-bond acceptors (Lipinski definition) is 3. The third-order valence-corrected chi connectivity index (χ3v) is 1.82. The van der Waals surface area contributed by atoms with Crippen LogP contribution in [0.15, 0.2) is 24.5 Å². The van der Waals surface area contributed by atoms with E-state index in [1.54, 1.807) is 19.5 Å². The Kier molecular flexibility index (Phi) is 4.43. The Morgan fingerprint density at radius 1 is 1.46 bits per heavy atom. The zero-order valence-corrected chi connectivity index (χ0v) is 8.16. The molecule has 1 unspecified atom stereocenters. The predicted molar refractivity (Wildman–Crippen MR) is 52.4 cm³/mol. The highest BCUT2D eigenvalue weighted by atomic mass is 16.5. The van der Waals surface area contributed by atoms with Crippen molar-refractivity contribution in [2.45, 2.75) is 19.5 Å². The van der Waals surface area contributed by atoms with E-state index in [1.807, 2.05) is 12.1 Å². The van der Waals surface area contributed by atoms with Crippen LogP contribution in [0.25, 0.3) is 0 Å². The van der Waals surface area contributed by atoms with Crippen molar-refractivity contribution < 1.29 is 4.74 Å². The number of methoxy groups -OCH3 is 1. The SMILES string of the molecule is COCC(C)NCc1ccncc1. The van der Waals surface area contributed by atoms with Crippen molar-refractivity contribution in [3.8, 4) is 0 Å². The van der Waals surface area contributed by atoms with E-state index in [9.17, 15) is 0 Å². The summed E-state index contributed by atoms with van der Waals surface area (Å²) in [5.41, 5.74) is 1.25. The smallest absolute Gasteiger partial charge is 0.0613 e. The summed E-state index contributed by atoms with van der Waals surface area (Å²) >= 11 is 0. The minimum atomic E-state index is 0.387. The molecule has 1 aromatic rings. The minimum Gasteiger partial charge on any atom is -0.383 e. The number of aromatic nitrogens is 1. The molecule has 0 aliphatic heterocycles. The lowest BCUT2D eigenvalue weighted by Crippen LogP contribution is -2.29. The van der Waals surface area contributed by atoms with Crippen LogP contribution in [0.5, 0.6) is 0 Å². The lowest BCUT2D eigenvalue weighted by molar-refractivity contribution is 0.171. The third kappa shape index (κ3) is 4.01. The summed E-state index contributed by atoms with van der Waals surface area (Å²) in [5.74, 6) is 0. The van der Waals surface area contributed by atoms with Gasteiger partial charge >= 0.3 is 0 Å². The van der Waals surface area contributed by atoms with Crippen LogP contribution in [0.1, 0.15) is 12.5 Å². The number of ether oxygens (including phenoxy) is 1. The second-order valence-electron chi connectivity index (χ2n) is 3.09. The highest BCUT2D eigenvalue weighted by molar-refractivity contribution is 5.09. The average molecular weight is 180 g/mol. The molecule has 3 nitrogen and oxygen atoms in total. The van der Waals surface area contributed by atoms with Gasteiger partial charge in [0, 0.05) is 32.1 Å². The van der Waals surface area contributed by atoms with E-state index >= 15 is 0 Å². The molecule has 0 aromatic carbocycles. The van der Waals surface area contributed by atoms with Gasteiger partial charge in [0.15, 0.2) is 0 Å². The van der Waals surface area contributed by atoms with Gasteiger partial charge in [0.2, 0.25) is 0 Å². The molecule has 0 radical (unpaired) electrons. The molecule has 0 bridgehead atoms. The van der Waals surface area contributed by atoms with Crippen molar-refractivity contribution in [1.82, 2.24) is 10.3 Å². The largest absolute Gasteiger partial charge is 0.383 e. The third-order valence-electron chi connectivity index (χ3n) is 1.82. The quantitative estimate of drug-likeness (QED) is 0.739. The Bertz CT molecular complexity index is 226. The average Bonchev–Trinajstić information content (AvgIpc) is 2.17. The van der Waals surface area contributed by atoms with E-state index in [0.717, 1.165) is 13.2 Å². The zero-order chi connectivity index (χ0) is 9.52. The molecule has 0 aliphatic rings. The molecule has 13 heavy (non-hydrogen) atoms. The minimum absolute atomic E-state index is 0.387. The summed E-state index contributed by atoms with van der Waals surface area (Å²) in [7, 11) is 1.71. The Morgan fingerprint density at radius 2 is 2.15 bits per heavy atom. The van der Waals surface area contributed by atoms with Gasteiger partial charge in [-0.15, -0.1) is 0 Å². The lowest BCUT2D eigenvalue weighted by Gasteiger charge is -2.12. The van der Waals surface area contributed by atoms with Crippen LogP contribution < -0.4 is 5.32 Å². The second kappa shape index (κ2) is 5.67. The van der Waals surface area contributed by atoms with Crippen LogP contribution in [0, 0.1) is 0 Å². The van der Waals surface area contributed by atoms with E-state index in [1.165, 1.54) is 5.56 Å². The molecule has 0 fully saturated rings. The number of pyridine rings is 1. The Morgan fingerprint density at radius 3 is 2.77 bits per heavy atom. The summed E-state index contributed by atoms with van der Waals surface area (Å²) in [6.45, 7) is 3.71. The molecule has 0 amide bonds. The fourth-order valence-electron chi connectivity index (χ4n) is 1.10. The highest BCUT2D eigenvalue weighted by Gasteiger charge is 1.99. The van der Waals surface area contributed by atoms with Crippen molar-refractivity contribution in [2.24, 2.45) is 0 Å². The van der Waals surface area contributed by atoms with Gasteiger partial charge in [0.25, 0.3) is 0 Å². The number of nitrogens with zero attached hydrogens (tertiary/aromatic N) is 1. The van der Waals surface area contributed by atoms with Crippen molar-refractivity contribution in [1.29, 1.82) is 0 Å². The van der Waals surface area contributed by atoms with Crippen LogP contribution >= 0.6 is 0 Å². The topological polar surface area (TPSA) is 34.1 Å². The van der Waals surface area contributed by atoms with Crippen LogP contribution in [0.2, 0.25) is 0 Å². The van der Waals surface area contributed by atoms with Crippen molar-refractivity contribution in [2.75, 3.05) is 13.7 Å². The normalized spacial score (nSPS) is 12.8. The summed E-state index contributed by atoms with van der Waals surface area (Å²) in [6.07, 6.45) is 3.61. The standard InChI is InChI=1S/C10H16N2O/c1-9(8-13-2)12-7-10-3-5-11-6-4-10/h3-6,9,12H,7-8H2,1-2H3. The number of hydrogen-bond donors (Lipinski definition) is 1. The molecule has 0 saturated heterocycles. The first-order valence-corrected chi connectivity index (χ1v) is 4.44. The number of rotatable bonds is 5. The molecule has 0 saturated carbocycles. The van der Waals surface area contributed by atoms with Gasteiger partial charge in [-0.1, -0.05) is 0 Å². The van der Waals surface area contributed by atoms with E-state index in [-0.39, 0.29) is 0 Å². The van der Waals surface area contributed by atoms with Crippen LogP contribution in [-0.2, 0) is 11.3 Å². The van der Waals surface area contributed by atoms with E-state index in [2.05, 4.69) is 17.2 Å². The second-order valence-corrected chi connectivity index (χ2v) is 3.09. The van der Waals surface area contributed by atoms with E-state index in [0.29, 0.717) is 6.04 Å². The van der Waals surface area contributed by atoms with Crippen LogP contribution in [-0.4, -0.2) is 24.7 Å². The molecule has 1 heterocycles. The molecule has 0 spiro atoms. The van der Waals surface area contributed by atoms with Gasteiger partial charge in [-0.3, -0.25) is 4.98 Å². The molecular formula is C10H16N2O. The molecule has 1 N–H and O–H groups in total. The van der Waals surface area contributed by atoms with Gasteiger partial charge in [-0.2, -0.15) is 0 Å². The first kappa shape index (κ1) is 10.2. The summed E-state index contributed by atoms with van der Waals surface area (Å²) in [4.78, 5) is 3.96. The Balaban J connectivity index is 2.27. The summed E-state index contributed by atoms with van der Waals surface area (Å²) in [6, 6.07) is 4.40. The van der Waals surface area contributed by atoms with Crippen molar-refractivity contribution >= 4 is 0 Å². The maximum atomic E-state index is 5.02. The first-order chi connectivity index (χ1) is 6.33. The van der Waals surface area contributed by atoms with Gasteiger partial charge in [0.1, 0.15) is 0 Å². The maximum absolute atomic E-state index is 5.02.